The second-order valence-electron chi connectivity index (χ2n) is 5.69. The fourth-order valence-electron chi connectivity index (χ4n) is 2.78. The molecule has 102 valence electrons. The third kappa shape index (κ3) is 5.87. The second-order valence-corrected chi connectivity index (χ2v) is 7.95. The van der Waals surface area contributed by atoms with Gasteiger partial charge >= 0.3 is 0 Å². The van der Waals surface area contributed by atoms with Gasteiger partial charge in [0.25, 0.3) is 0 Å². The minimum Gasteiger partial charge on any atom is -0.390 e. The van der Waals surface area contributed by atoms with Gasteiger partial charge in [0.1, 0.15) is 9.84 Å². The molecule has 1 aliphatic carbocycles. The van der Waals surface area contributed by atoms with Gasteiger partial charge in [0.2, 0.25) is 0 Å². The maximum absolute atomic E-state index is 11.2. The van der Waals surface area contributed by atoms with Crippen molar-refractivity contribution in [1.82, 2.24) is 0 Å². The monoisotopic (exact) mass is 262 g/mol. The zero-order chi connectivity index (χ0) is 12.9. The molecule has 0 saturated heterocycles. The number of sulfone groups is 1. The molecular formula is C13H26O3S. The molecule has 0 radical (unpaired) electrons. The predicted molar refractivity (Wildman–Crippen MR) is 70.8 cm³/mol. The van der Waals surface area contributed by atoms with E-state index in [0.29, 0.717) is 6.42 Å². The number of rotatable bonds is 5. The lowest BCUT2D eigenvalue weighted by Crippen LogP contribution is -2.30. The Morgan fingerprint density at radius 1 is 1.29 bits per heavy atom. The number of hydrogen-bond donors (Lipinski definition) is 1. The highest BCUT2D eigenvalue weighted by Gasteiger charge is 2.31. The Bertz CT molecular complexity index is 324. The molecule has 1 N–H and O–H groups in total. The lowest BCUT2D eigenvalue weighted by atomic mass is 9.90. The van der Waals surface area contributed by atoms with Gasteiger partial charge < -0.3 is 5.11 Å². The summed E-state index contributed by atoms with van der Waals surface area (Å²) in [5.74, 6) is 0.842. The molecule has 17 heavy (non-hydrogen) atoms. The van der Waals surface area contributed by atoms with Crippen LogP contribution in [-0.2, 0) is 9.84 Å². The molecule has 0 aromatic carbocycles. The third-order valence-corrected chi connectivity index (χ3v) is 4.85. The van der Waals surface area contributed by atoms with Crippen LogP contribution in [0.3, 0.4) is 0 Å². The van der Waals surface area contributed by atoms with Crippen LogP contribution in [0.5, 0.6) is 0 Å². The van der Waals surface area contributed by atoms with Gasteiger partial charge in [-0.25, -0.2) is 8.42 Å². The maximum atomic E-state index is 11.2. The zero-order valence-corrected chi connectivity index (χ0v) is 11.9. The van der Waals surface area contributed by atoms with Crippen molar-refractivity contribution in [2.45, 2.75) is 63.9 Å². The fraction of sp³-hybridized carbons (Fsp3) is 1.00. The number of aliphatic hydroxyl groups is 1. The molecule has 0 amide bonds. The van der Waals surface area contributed by atoms with Gasteiger partial charge in [0, 0.05) is 6.26 Å². The lowest BCUT2D eigenvalue weighted by Gasteiger charge is -2.26. The number of hydrogen-bond acceptors (Lipinski definition) is 3. The Labute approximate surface area is 106 Å². The predicted octanol–water partition coefficient (Wildman–Crippen LogP) is 2.53. The van der Waals surface area contributed by atoms with Crippen LogP contribution >= 0.6 is 0 Å². The van der Waals surface area contributed by atoms with E-state index in [1.165, 1.54) is 25.5 Å². The summed E-state index contributed by atoms with van der Waals surface area (Å²) >= 11 is 0. The summed E-state index contributed by atoms with van der Waals surface area (Å²) in [6, 6.07) is 0. The summed E-state index contributed by atoms with van der Waals surface area (Å²) in [7, 11) is -2.96. The van der Waals surface area contributed by atoms with Gasteiger partial charge in [-0.1, -0.05) is 32.6 Å². The topological polar surface area (TPSA) is 54.4 Å². The second kappa shape index (κ2) is 6.19. The van der Waals surface area contributed by atoms with Gasteiger partial charge in [-0.05, 0) is 31.6 Å². The summed E-state index contributed by atoms with van der Waals surface area (Å²) in [6.45, 7) is 2.20. The Morgan fingerprint density at radius 3 is 2.59 bits per heavy atom. The van der Waals surface area contributed by atoms with E-state index < -0.39 is 15.4 Å². The molecule has 3 nitrogen and oxygen atoms in total. The van der Waals surface area contributed by atoms with Crippen molar-refractivity contribution in [1.29, 1.82) is 0 Å². The largest absolute Gasteiger partial charge is 0.390 e. The normalized spacial score (nSPS) is 31.1. The summed E-state index contributed by atoms with van der Waals surface area (Å²) in [4.78, 5) is 0. The minimum atomic E-state index is -2.96. The van der Waals surface area contributed by atoms with E-state index in [-0.39, 0.29) is 5.75 Å². The molecule has 0 spiro atoms. The van der Waals surface area contributed by atoms with Crippen LogP contribution in [0.1, 0.15) is 58.3 Å². The van der Waals surface area contributed by atoms with E-state index >= 15 is 0 Å². The summed E-state index contributed by atoms with van der Waals surface area (Å²) in [6.07, 6.45) is 8.90. The van der Waals surface area contributed by atoms with Gasteiger partial charge in [-0.2, -0.15) is 0 Å². The van der Waals surface area contributed by atoms with Crippen molar-refractivity contribution in [3.63, 3.8) is 0 Å². The average Bonchev–Trinajstić information content (AvgIpc) is 2.39. The van der Waals surface area contributed by atoms with Crippen molar-refractivity contribution < 1.29 is 13.5 Å². The van der Waals surface area contributed by atoms with Gasteiger partial charge in [0.15, 0.2) is 0 Å². The van der Waals surface area contributed by atoms with Crippen LogP contribution in [0.4, 0.5) is 0 Å². The first-order chi connectivity index (χ1) is 7.85. The van der Waals surface area contributed by atoms with Gasteiger partial charge in [-0.15, -0.1) is 0 Å². The van der Waals surface area contributed by atoms with Crippen molar-refractivity contribution in [3.05, 3.63) is 0 Å². The molecule has 1 rings (SSSR count). The quantitative estimate of drug-likeness (QED) is 0.775. The van der Waals surface area contributed by atoms with Crippen LogP contribution < -0.4 is 0 Å². The molecule has 0 aromatic rings. The third-order valence-electron chi connectivity index (χ3n) is 3.91. The SMILES string of the molecule is CCCC1CCCC(O)(CCS(C)(=O)=O)CC1. The Morgan fingerprint density at radius 2 is 2.00 bits per heavy atom. The first-order valence-electron chi connectivity index (χ1n) is 6.75. The van der Waals surface area contributed by atoms with Crippen LogP contribution in [-0.4, -0.2) is 31.1 Å². The van der Waals surface area contributed by atoms with E-state index in [4.69, 9.17) is 0 Å². The molecular weight excluding hydrogens is 236 g/mol. The Hall–Kier alpha value is -0.0900. The highest BCUT2D eigenvalue weighted by Crippen LogP contribution is 2.34. The van der Waals surface area contributed by atoms with E-state index in [1.54, 1.807) is 0 Å². The van der Waals surface area contributed by atoms with Crippen molar-refractivity contribution in [2.24, 2.45) is 5.92 Å². The van der Waals surface area contributed by atoms with E-state index in [9.17, 15) is 13.5 Å². The molecule has 1 aliphatic rings. The standard InChI is InChI=1S/C13H26O3S/c1-3-5-12-6-4-8-13(14,9-7-12)10-11-17(2,15)16/h12,14H,3-11H2,1-2H3. The highest BCUT2D eigenvalue weighted by atomic mass is 32.2. The summed E-state index contributed by atoms with van der Waals surface area (Å²) in [5.41, 5.74) is -0.731. The van der Waals surface area contributed by atoms with Crippen molar-refractivity contribution in [3.8, 4) is 0 Å². The van der Waals surface area contributed by atoms with Crippen LogP contribution in [0.25, 0.3) is 0 Å². The molecule has 0 aliphatic heterocycles. The molecule has 2 unspecified atom stereocenters. The minimum absolute atomic E-state index is 0.113. The van der Waals surface area contributed by atoms with Crippen LogP contribution in [0.15, 0.2) is 0 Å². The average molecular weight is 262 g/mol. The lowest BCUT2D eigenvalue weighted by molar-refractivity contribution is 0.0208. The summed E-state index contributed by atoms with van der Waals surface area (Å²) in [5, 5.41) is 10.4. The molecule has 1 fully saturated rings. The molecule has 4 heteroatoms. The highest BCUT2D eigenvalue weighted by molar-refractivity contribution is 7.90. The van der Waals surface area contributed by atoms with Crippen LogP contribution in [0, 0.1) is 5.92 Å². The van der Waals surface area contributed by atoms with E-state index in [1.807, 2.05) is 0 Å². The van der Waals surface area contributed by atoms with E-state index in [2.05, 4.69) is 6.92 Å². The van der Waals surface area contributed by atoms with Gasteiger partial charge in [0.05, 0.1) is 11.4 Å². The van der Waals surface area contributed by atoms with Crippen LogP contribution in [0.2, 0.25) is 0 Å². The smallest absolute Gasteiger partial charge is 0.147 e. The fourth-order valence-corrected chi connectivity index (χ4v) is 3.53. The first kappa shape index (κ1) is 15.0. The molecule has 2 atom stereocenters. The Kier molecular flexibility index (Phi) is 5.45. The Balaban J connectivity index is 2.48. The zero-order valence-electron chi connectivity index (χ0n) is 11.1. The molecule has 1 saturated carbocycles. The van der Waals surface area contributed by atoms with Gasteiger partial charge in [-0.3, -0.25) is 0 Å². The molecule has 0 heterocycles. The first-order valence-corrected chi connectivity index (χ1v) is 8.81. The van der Waals surface area contributed by atoms with Crippen molar-refractivity contribution >= 4 is 9.84 Å². The van der Waals surface area contributed by atoms with E-state index in [0.717, 1.165) is 31.6 Å². The summed E-state index contributed by atoms with van der Waals surface area (Å²) < 4.78 is 22.3. The molecule has 0 bridgehead atoms. The maximum Gasteiger partial charge on any atom is 0.147 e. The molecule has 0 aromatic heterocycles. The van der Waals surface area contributed by atoms with Crippen molar-refractivity contribution in [2.75, 3.05) is 12.0 Å².